The molecule has 1 N–H and O–H groups in total. The van der Waals surface area contributed by atoms with E-state index in [1.165, 1.54) is 5.52 Å². The molecule has 0 spiro atoms. The summed E-state index contributed by atoms with van der Waals surface area (Å²) in [4.78, 5) is 7.10. The molecule has 5 heteroatoms. The molecule has 20 heavy (non-hydrogen) atoms. The minimum atomic E-state index is 0.815. The average Bonchev–Trinajstić information content (AvgIpc) is 2.82. The van der Waals surface area contributed by atoms with E-state index >= 15 is 0 Å². The van der Waals surface area contributed by atoms with Crippen LogP contribution >= 0.6 is 0 Å². The van der Waals surface area contributed by atoms with Gasteiger partial charge in [0.1, 0.15) is 5.82 Å². The summed E-state index contributed by atoms with van der Waals surface area (Å²) in [6.07, 6.45) is 0. The first-order chi connectivity index (χ1) is 9.84. The minimum absolute atomic E-state index is 0.815. The summed E-state index contributed by atoms with van der Waals surface area (Å²) >= 11 is 0. The Hall–Kier alpha value is -1.43. The molecule has 0 bridgehead atoms. The SMILES string of the molecule is Cn1c(CNCCN2CCOCC2)nc2ccccc21. The van der Waals surface area contributed by atoms with Crippen LogP contribution in [0.1, 0.15) is 5.82 Å². The lowest BCUT2D eigenvalue weighted by atomic mass is 10.3. The van der Waals surface area contributed by atoms with Crippen molar-refractivity contribution in [2.24, 2.45) is 7.05 Å². The Morgan fingerprint density at radius 1 is 1.25 bits per heavy atom. The van der Waals surface area contributed by atoms with Gasteiger partial charge in [-0.05, 0) is 12.1 Å². The van der Waals surface area contributed by atoms with Crippen molar-refractivity contribution in [2.45, 2.75) is 6.54 Å². The van der Waals surface area contributed by atoms with Crippen LogP contribution in [0.15, 0.2) is 24.3 Å². The number of benzene rings is 1. The summed E-state index contributed by atoms with van der Waals surface area (Å²) in [7, 11) is 2.08. The zero-order chi connectivity index (χ0) is 13.8. The summed E-state index contributed by atoms with van der Waals surface area (Å²) in [6, 6.07) is 8.26. The van der Waals surface area contributed by atoms with Gasteiger partial charge in [0.15, 0.2) is 0 Å². The molecular weight excluding hydrogens is 252 g/mol. The maximum atomic E-state index is 5.35. The Morgan fingerprint density at radius 3 is 2.85 bits per heavy atom. The lowest BCUT2D eigenvalue weighted by molar-refractivity contribution is 0.0384. The topological polar surface area (TPSA) is 42.3 Å². The third-order valence-corrected chi connectivity index (χ3v) is 3.87. The van der Waals surface area contributed by atoms with E-state index in [9.17, 15) is 0 Å². The molecule has 0 saturated carbocycles. The Balaban J connectivity index is 1.51. The molecule has 5 nitrogen and oxygen atoms in total. The van der Waals surface area contributed by atoms with E-state index in [0.717, 1.165) is 57.3 Å². The van der Waals surface area contributed by atoms with Gasteiger partial charge < -0.3 is 14.6 Å². The maximum absolute atomic E-state index is 5.35. The molecule has 1 aliphatic heterocycles. The van der Waals surface area contributed by atoms with E-state index in [4.69, 9.17) is 4.74 Å². The van der Waals surface area contributed by atoms with Crippen LogP contribution in [0.4, 0.5) is 0 Å². The fourth-order valence-electron chi connectivity index (χ4n) is 2.62. The second-order valence-corrected chi connectivity index (χ2v) is 5.21. The first-order valence-corrected chi connectivity index (χ1v) is 7.26. The summed E-state index contributed by atoms with van der Waals surface area (Å²) in [5.41, 5.74) is 2.26. The van der Waals surface area contributed by atoms with Crippen LogP contribution in [0.2, 0.25) is 0 Å². The van der Waals surface area contributed by atoms with Crippen molar-refractivity contribution in [3.8, 4) is 0 Å². The number of hydrogen-bond donors (Lipinski definition) is 1. The summed E-state index contributed by atoms with van der Waals surface area (Å²) in [6.45, 7) is 6.71. The predicted octanol–water partition coefficient (Wildman–Crippen LogP) is 0.995. The van der Waals surface area contributed by atoms with Crippen LogP contribution in [-0.4, -0.2) is 53.8 Å². The van der Waals surface area contributed by atoms with Crippen LogP contribution in [0.5, 0.6) is 0 Å². The van der Waals surface area contributed by atoms with Gasteiger partial charge in [0.25, 0.3) is 0 Å². The molecule has 0 unspecified atom stereocenters. The van der Waals surface area contributed by atoms with Crippen molar-refractivity contribution in [1.29, 1.82) is 0 Å². The molecule has 0 aliphatic carbocycles. The zero-order valence-corrected chi connectivity index (χ0v) is 12.0. The summed E-state index contributed by atoms with van der Waals surface area (Å²) in [5, 5.41) is 3.48. The highest BCUT2D eigenvalue weighted by Crippen LogP contribution is 2.13. The molecule has 0 amide bonds. The van der Waals surface area contributed by atoms with Crippen LogP contribution < -0.4 is 5.32 Å². The van der Waals surface area contributed by atoms with Crippen LogP contribution in [-0.2, 0) is 18.3 Å². The Morgan fingerprint density at radius 2 is 2.05 bits per heavy atom. The van der Waals surface area contributed by atoms with E-state index in [-0.39, 0.29) is 0 Å². The van der Waals surface area contributed by atoms with Gasteiger partial charge in [0.2, 0.25) is 0 Å². The van der Waals surface area contributed by atoms with Crippen LogP contribution in [0.25, 0.3) is 11.0 Å². The van der Waals surface area contributed by atoms with Crippen LogP contribution in [0, 0.1) is 0 Å². The number of rotatable bonds is 5. The second kappa shape index (κ2) is 6.35. The normalized spacial score (nSPS) is 16.9. The van der Waals surface area contributed by atoms with Gasteiger partial charge in [-0.1, -0.05) is 12.1 Å². The molecule has 1 aromatic carbocycles. The number of morpholine rings is 1. The third-order valence-electron chi connectivity index (χ3n) is 3.87. The fraction of sp³-hybridized carbons (Fsp3) is 0.533. The van der Waals surface area contributed by atoms with Crippen molar-refractivity contribution < 1.29 is 4.74 Å². The van der Waals surface area contributed by atoms with Crippen molar-refractivity contribution in [3.05, 3.63) is 30.1 Å². The highest BCUT2D eigenvalue weighted by molar-refractivity contribution is 5.75. The van der Waals surface area contributed by atoms with E-state index in [1.807, 2.05) is 6.07 Å². The number of fused-ring (bicyclic) bond motifs is 1. The maximum Gasteiger partial charge on any atom is 0.123 e. The first-order valence-electron chi connectivity index (χ1n) is 7.26. The largest absolute Gasteiger partial charge is 0.379 e. The van der Waals surface area contributed by atoms with Crippen molar-refractivity contribution in [1.82, 2.24) is 19.8 Å². The predicted molar refractivity (Wildman–Crippen MR) is 79.7 cm³/mol. The smallest absolute Gasteiger partial charge is 0.123 e. The highest BCUT2D eigenvalue weighted by atomic mass is 16.5. The molecule has 1 fully saturated rings. The lowest BCUT2D eigenvalue weighted by Gasteiger charge is -2.26. The molecule has 0 atom stereocenters. The van der Waals surface area contributed by atoms with Crippen molar-refractivity contribution in [2.75, 3.05) is 39.4 Å². The zero-order valence-electron chi connectivity index (χ0n) is 12.0. The molecule has 1 aromatic heterocycles. The second-order valence-electron chi connectivity index (χ2n) is 5.21. The number of imidazole rings is 1. The number of aryl methyl sites for hydroxylation is 1. The van der Waals surface area contributed by atoms with Gasteiger partial charge in [-0.15, -0.1) is 0 Å². The molecule has 1 saturated heterocycles. The van der Waals surface area contributed by atoms with Gasteiger partial charge in [-0.25, -0.2) is 4.98 Å². The molecule has 1 aliphatic rings. The summed E-state index contributed by atoms with van der Waals surface area (Å²) < 4.78 is 7.51. The standard InChI is InChI=1S/C15H22N4O/c1-18-14-5-3-2-4-13(14)17-15(18)12-16-6-7-19-8-10-20-11-9-19/h2-5,16H,6-12H2,1H3. The van der Waals surface area contributed by atoms with E-state index in [1.54, 1.807) is 0 Å². The van der Waals surface area contributed by atoms with Crippen LogP contribution in [0.3, 0.4) is 0 Å². The van der Waals surface area contributed by atoms with E-state index < -0.39 is 0 Å². The van der Waals surface area contributed by atoms with Gasteiger partial charge in [-0.3, -0.25) is 4.90 Å². The number of hydrogen-bond acceptors (Lipinski definition) is 4. The molecule has 0 radical (unpaired) electrons. The first kappa shape index (κ1) is 13.5. The monoisotopic (exact) mass is 274 g/mol. The van der Waals surface area contributed by atoms with E-state index in [2.05, 4.69) is 45.0 Å². The Labute approximate surface area is 119 Å². The molecule has 108 valence electrons. The fourth-order valence-corrected chi connectivity index (χ4v) is 2.62. The summed E-state index contributed by atoms with van der Waals surface area (Å²) in [5.74, 6) is 1.09. The van der Waals surface area contributed by atoms with Gasteiger partial charge in [0, 0.05) is 33.2 Å². The van der Waals surface area contributed by atoms with Crippen molar-refractivity contribution >= 4 is 11.0 Å². The van der Waals surface area contributed by atoms with Gasteiger partial charge >= 0.3 is 0 Å². The lowest BCUT2D eigenvalue weighted by Crippen LogP contribution is -2.40. The number of aromatic nitrogens is 2. The molecule has 3 rings (SSSR count). The minimum Gasteiger partial charge on any atom is -0.379 e. The Bertz CT molecular complexity index is 560. The van der Waals surface area contributed by atoms with Gasteiger partial charge in [0.05, 0.1) is 30.8 Å². The number of ether oxygens (including phenoxy) is 1. The Kier molecular flexibility index (Phi) is 4.30. The molecular formula is C15H22N4O. The van der Waals surface area contributed by atoms with Crippen molar-refractivity contribution in [3.63, 3.8) is 0 Å². The van der Waals surface area contributed by atoms with Gasteiger partial charge in [-0.2, -0.15) is 0 Å². The third kappa shape index (κ3) is 3.00. The number of nitrogens with one attached hydrogen (secondary N) is 1. The average molecular weight is 274 g/mol. The number of nitrogens with zero attached hydrogens (tertiary/aromatic N) is 3. The highest BCUT2D eigenvalue weighted by Gasteiger charge is 2.10. The molecule has 2 heterocycles. The molecule has 2 aromatic rings. The van der Waals surface area contributed by atoms with E-state index in [0.29, 0.717) is 0 Å². The quantitative estimate of drug-likeness (QED) is 0.826. The number of para-hydroxylation sites is 2.